The Morgan fingerprint density at radius 1 is 1.27 bits per heavy atom. The summed E-state index contributed by atoms with van der Waals surface area (Å²) in [6.45, 7) is 1.80. The average molecular weight is 206 g/mol. The van der Waals surface area contributed by atoms with Crippen molar-refractivity contribution in [2.45, 2.75) is 13.5 Å². The maximum absolute atomic E-state index is 11.2. The minimum atomic E-state index is -0.499. The molecule has 2 amide bonds. The van der Waals surface area contributed by atoms with Crippen molar-refractivity contribution in [3.8, 4) is 0 Å². The molecule has 0 heterocycles. The number of nitrogens with two attached hydrogens (primary N) is 1. The summed E-state index contributed by atoms with van der Waals surface area (Å²) in [6, 6.07) is 9.47. The first-order valence-corrected chi connectivity index (χ1v) is 4.67. The van der Waals surface area contributed by atoms with E-state index in [4.69, 9.17) is 5.73 Å². The zero-order valence-corrected chi connectivity index (χ0v) is 8.64. The summed E-state index contributed by atoms with van der Waals surface area (Å²) in [5, 5.41) is 0. The lowest BCUT2D eigenvalue weighted by Crippen LogP contribution is -2.36. The van der Waals surface area contributed by atoms with Gasteiger partial charge in [-0.15, -0.1) is 0 Å². The molecular weight excluding hydrogens is 192 g/mol. The smallest absolute Gasteiger partial charge is 0.237 e. The van der Waals surface area contributed by atoms with Gasteiger partial charge in [0.1, 0.15) is 0 Å². The lowest BCUT2D eigenvalue weighted by atomic mass is 10.2. The molecule has 15 heavy (non-hydrogen) atoms. The minimum absolute atomic E-state index is 0.0375. The molecule has 4 nitrogen and oxygen atoms in total. The third kappa shape index (κ3) is 3.81. The SMILES string of the molecule is CC(=O)N(CC(N)=O)Cc1ccccc1. The van der Waals surface area contributed by atoms with E-state index in [1.165, 1.54) is 11.8 Å². The molecule has 4 heteroatoms. The van der Waals surface area contributed by atoms with Gasteiger partial charge in [-0.05, 0) is 5.56 Å². The molecule has 1 aromatic rings. The summed E-state index contributed by atoms with van der Waals surface area (Å²) in [6.07, 6.45) is 0. The van der Waals surface area contributed by atoms with Crippen molar-refractivity contribution in [1.82, 2.24) is 4.90 Å². The summed E-state index contributed by atoms with van der Waals surface area (Å²) in [4.78, 5) is 23.3. The molecule has 0 saturated carbocycles. The Balaban J connectivity index is 2.67. The first kappa shape index (κ1) is 11.2. The molecule has 0 unspecified atom stereocenters. The van der Waals surface area contributed by atoms with Crippen LogP contribution in [-0.2, 0) is 16.1 Å². The number of nitrogens with zero attached hydrogens (tertiary/aromatic N) is 1. The Labute approximate surface area is 88.7 Å². The highest BCUT2D eigenvalue weighted by Gasteiger charge is 2.11. The van der Waals surface area contributed by atoms with Crippen LogP contribution in [-0.4, -0.2) is 23.3 Å². The quantitative estimate of drug-likeness (QED) is 0.780. The van der Waals surface area contributed by atoms with Crippen LogP contribution in [0.4, 0.5) is 0 Å². The Hall–Kier alpha value is -1.84. The van der Waals surface area contributed by atoms with Crippen molar-refractivity contribution < 1.29 is 9.59 Å². The van der Waals surface area contributed by atoms with Crippen molar-refractivity contribution >= 4 is 11.8 Å². The summed E-state index contributed by atoms with van der Waals surface area (Å²) >= 11 is 0. The Morgan fingerprint density at radius 2 is 1.87 bits per heavy atom. The van der Waals surface area contributed by atoms with Crippen LogP contribution in [0.1, 0.15) is 12.5 Å². The van der Waals surface area contributed by atoms with Crippen LogP contribution in [0.25, 0.3) is 0 Å². The van der Waals surface area contributed by atoms with E-state index < -0.39 is 5.91 Å². The molecule has 1 aromatic carbocycles. The fourth-order valence-electron chi connectivity index (χ4n) is 1.27. The monoisotopic (exact) mass is 206 g/mol. The molecule has 0 aliphatic heterocycles. The van der Waals surface area contributed by atoms with Crippen molar-refractivity contribution in [1.29, 1.82) is 0 Å². The standard InChI is InChI=1S/C11H14N2O2/c1-9(14)13(8-11(12)15)7-10-5-3-2-4-6-10/h2-6H,7-8H2,1H3,(H2,12,15). The van der Waals surface area contributed by atoms with Crippen LogP contribution < -0.4 is 5.73 Å². The maximum Gasteiger partial charge on any atom is 0.237 e. The Kier molecular flexibility index (Phi) is 3.85. The second-order valence-electron chi connectivity index (χ2n) is 3.33. The van der Waals surface area contributed by atoms with E-state index in [0.29, 0.717) is 6.54 Å². The maximum atomic E-state index is 11.2. The largest absolute Gasteiger partial charge is 0.368 e. The zero-order chi connectivity index (χ0) is 11.3. The number of amides is 2. The number of hydrogen-bond acceptors (Lipinski definition) is 2. The number of hydrogen-bond donors (Lipinski definition) is 1. The second-order valence-corrected chi connectivity index (χ2v) is 3.33. The highest BCUT2D eigenvalue weighted by atomic mass is 16.2. The fraction of sp³-hybridized carbons (Fsp3) is 0.273. The first-order valence-electron chi connectivity index (χ1n) is 4.67. The van der Waals surface area contributed by atoms with Gasteiger partial charge in [0.15, 0.2) is 0 Å². The molecule has 0 atom stereocenters. The van der Waals surface area contributed by atoms with E-state index in [9.17, 15) is 9.59 Å². The predicted molar refractivity (Wildman–Crippen MR) is 56.7 cm³/mol. The van der Waals surface area contributed by atoms with Crippen molar-refractivity contribution in [3.05, 3.63) is 35.9 Å². The number of primary amides is 1. The molecule has 0 bridgehead atoms. The second kappa shape index (κ2) is 5.14. The van der Waals surface area contributed by atoms with Gasteiger partial charge in [0.25, 0.3) is 0 Å². The van der Waals surface area contributed by atoms with Crippen LogP contribution in [0.5, 0.6) is 0 Å². The van der Waals surface area contributed by atoms with Crippen molar-refractivity contribution in [3.63, 3.8) is 0 Å². The van der Waals surface area contributed by atoms with Crippen molar-refractivity contribution in [2.24, 2.45) is 5.73 Å². The van der Waals surface area contributed by atoms with Gasteiger partial charge < -0.3 is 10.6 Å². The highest BCUT2D eigenvalue weighted by Crippen LogP contribution is 2.03. The van der Waals surface area contributed by atoms with E-state index in [2.05, 4.69) is 0 Å². The molecule has 0 spiro atoms. The van der Waals surface area contributed by atoms with Crippen LogP contribution >= 0.6 is 0 Å². The van der Waals surface area contributed by atoms with Gasteiger partial charge in [-0.3, -0.25) is 9.59 Å². The molecule has 0 fully saturated rings. The summed E-state index contributed by atoms with van der Waals surface area (Å²) < 4.78 is 0. The van der Waals surface area contributed by atoms with Gasteiger partial charge in [0.2, 0.25) is 11.8 Å². The third-order valence-electron chi connectivity index (χ3n) is 2.01. The van der Waals surface area contributed by atoms with Crippen LogP contribution in [0.3, 0.4) is 0 Å². The van der Waals surface area contributed by atoms with Gasteiger partial charge in [-0.1, -0.05) is 30.3 Å². The molecule has 0 aliphatic carbocycles. The summed E-state index contributed by atoms with van der Waals surface area (Å²) in [5.41, 5.74) is 6.03. The van der Waals surface area contributed by atoms with Gasteiger partial charge in [-0.25, -0.2) is 0 Å². The van der Waals surface area contributed by atoms with Crippen LogP contribution in [0.15, 0.2) is 30.3 Å². The molecule has 0 aliphatic rings. The summed E-state index contributed by atoms with van der Waals surface area (Å²) in [7, 11) is 0. The zero-order valence-electron chi connectivity index (χ0n) is 8.64. The van der Waals surface area contributed by atoms with E-state index in [0.717, 1.165) is 5.56 Å². The topological polar surface area (TPSA) is 63.4 Å². The van der Waals surface area contributed by atoms with Crippen LogP contribution in [0, 0.1) is 0 Å². The lowest BCUT2D eigenvalue weighted by Gasteiger charge is -2.19. The molecular formula is C11H14N2O2. The predicted octanol–water partition coefficient (Wildman–Crippen LogP) is 0.520. The van der Waals surface area contributed by atoms with E-state index >= 15 is 0 Å². The number of carbonyl (C=O) groups excluding carboxylic acids is 2. The Morgan fingerprint density at radius 3 is 2.33 bits per heavy atom. The Bertz CT molecular complexity index is 349. The molecule has 0 aromatic heterocycles. The fourth-order valence-corrected chi connectivity index (χ4v) is 1.27. The average Bonchev–Trinajstić information content (AvgIpc) is 2.17. The van der Waals surface area contributed by atoms with E-state index in [1.54, 1.807) is 0 Å². The van der Waals surface area contributed by atoms with Gasteiger partial charge in [0, 0.05) is 13.5 Å². The molecule has 2 N–H and O–H groups in total. The van der Waals surface area contributed by atoms with Gasteiger partial charge in [-0.2, -0.15) is 0 Å². The van der Waals surface area contributed by atoms with Crippen molar-refractivity contribution in [2.75, 3.05) is 6.54 Å². The van der Waals surface area contributed by atoms with E-state index in [1.807, 2.05) is 30.3 Å². The molecule has 0 saturated heterocycles. The van der Waals surface area contributed by atoms with Gasteiger partial charge >= 0.3 is 0 Å². The molecule has 0 radical (unpaired) electrons. The first-order chi connectivity index (χ1) is 7.09. The van der Waals surface area contributed by atoms with E-state index in [-0.39, 0.29) is 12.5 Å². The normalized spacial score (nSPS) is 9.67. The molecule has 80 valence electrons. The highest BCUT2D eigenvalue weighted by molar-refractivity contribution is 5.82. The minimum Gasteiger partial charge on any atom is -0.368 e. The number of carbonyl (C=O) groups is 2. The number of rotatable bonds is 4. The van der Waals surface area contributed by atoms with Crippen LogP contribution in [0.2, 0.25) is 0 Å². The van der Waals surface area contributed by atoms with Gasteiger partial charge in [0.05, 0.1) is 6.54 Å². The lowest BCUT2D eigenvalue weighted by molar-refractivity contribution is -0.133. The summed E-state index contributed by atoms with van der Waals surface area (Å²) in [5.74, 6) is -0.654. The molecule has 1 rings (SSSR count). The third-order valence-corrected chi connectivity index (χ3v) is 2.01. The number of benzene rings is 1.